The zero-order valence-electron chi connectivity index (χ0n) is 12.9. The van der Waals surface area contributed by atoms with Crippen LogP contribution in [0, 0.1) is 16.0 Å². The zero-order chi connectivity index (χ0) is 17.3. The Morgan fingerprint density at radius 3 is 2.38 bits per heavy atom. The second-order valence-corrected chi connectivity index (χ2v) is 6.00. The second-order valence-electron chi connectivity index (χ2n) is 6.00. The first kappa shape index (κ1) is 16.1. The van der Waals surface area contributed by atoms with Crippen molar-refractivity contribution in [2.75, 3.05) is 13.1 Å². The molecule has 0 bridgehead atoms. The summed E-state index contributed by atoms with van der Waals surface area (Å²) in [4.78, 5) is 47.3. The molecule has 2 atom stereocenters. The summed E-state index contributed by atoms with van der Waals surface area (Å²) in [6, 6.07) is 5.97. The van der Waals surface area contributed by atoms with E-state index in [0.717, 1.165) is 0 Å². The molecule has 1 aliphatic heterocycles. The molecule has 3 rings (SSSR count). The molecular formula is C16H17N3O5. The van der Waals surface area contributed by atoms with Crippen molar-refractivity contribution in [1.82, 2.24) is 10.2 Å². The van der Waals surface area contributed by atoms with Gasteiger partial charge in [0.05, 0.1) is 11.1 Å². The van der Waals surface area contributed by atoms with Gasteiger partial charge in [-0.2, -0.15) is 0 Å². The molecule has 1 saturated carbocycles. The molecule has 1 N–H and O–H groups in total. The summed E-state index contributed by atoms with van der Waals surface area (Å²) < 4.78 is 0. The topological polar surface area (TPSA) is 110 Å². The van der Waals surface area contributed by atoms with Gasteiger partial charge in [-0.15, -0.1) is 0 Å². The molecule has 0 spiro atoms. The largest absolute Gasteiger partial charge is 0.356 e. The lowest BCUT2D eigenvalue weighted by atomic mass is 10.1. The van der Waals surface area contributed by atoms with Crippen LogP contribution in [-0.4, -0.2) is 46.7 Å². The van der Waals surface area contributed by atoms with Crippen LogP contribution in [0.5, 0.6) is 0 Å². The average Bonchev–Trinajstić information content (AvgIpc) is 3.34. The number of amides is 3. The summed E-state index contributed by atoms with van der Waals surface area (Å²) in [6.45, 7) is 0.673. The average molecular weight is 331 g/mol. The number of unbranched alkanes of at least 4 members (excludes halogenated alkanes) is 1. The highest BCUT2D eigenvalue weighted by molar-refractivity contribution is 6.21. The van der Waals surface area contributed by atoms with Gasteiger partial charge in [-0.3, -0.25) is 29.4 Å². The highest BCUT2D eigenvalue weighted by atomic mass is 16.6. The van der Waals surface area contributed by atoms with Gasteiger partial charge in [0.15, 0.2) is 0 Å². The number of hydrogen-bond donors (Lipinski definition) is 1. The molecule has 0 radical (unpaired) electrons. The van der Waals surface area contributed by atoms with E-state index in [9.17, 15) is 24.5 Å². The van der Waals surface area contributed by atoms with Crippen LogP contribution in [-0.2, 0) is 4.79 Å². The second kappa shape index (κ2) is 6.38. The number of fused-ring (bicyclic) bond motifs is 1. The molecule has 1 heterocycles. The predicted molar refractivity (Wildman–Crippen MR) is 82.9 cm³/mol. The van der Waals surface area contributed by atoms with Gasteiger partial charge in [0, 0.05) is 24.4 Å². The Morgan fingerprint density at radius 1 is 1.21 bits per heavy atom. The fourth-order valence-electron chi connectivity index (χ4n) is 2.88. The Morgan fingerprint density at radius 2 is 1.83 bits per heavy atom. The van der Waals surface area contributed by atoms with E-state index in [2.05, 4.69) is 5.32 Å². The Kier molecular flexibility index (Phi) is 4.28. The van der Waals surface area contributed by atoms with E-state index < -0.39 is 16.9 Å². The molecule has 1 aliphatic carbocycles. The third-order valence-corrected chi connectivity index (χ3v) is 4.35. The van der Waals surface area contributed by atoms with Crippen molar-refractivity contribution in [1.29, 1.82) is 0 Å². The minimum absolute atomic E-state index is 0.286. The third kappa shape index (κ3) is 2.99. The van der Waals surface area contributed by atoms with Gasteiger partial charge in [0.25, 0.3) is 11.8 Å². The van der Waals surface area contributed by atoms with Gasteiger partial charge in [0.2, 0.25) is 11.9 Å². The lowest BCUT2D eigenvalue weighted by molar-refractivity contribution is -0.497. The first-order valence-corrected chi connectivity index (χ1v) is 7.87. The van der Waals surface area contributed by atoms with E-state index in [1.165, 1.54) is 4.90 Å². The van der Waals surface area contributed by atoms with E-state index in [1.54, 1.807) is 24.3 Å². The lowest BCUT2D eigenvalue weighted by Crippen LogP contribution is -2.32. The van der Waals surface area contributed by atoms with Crippen LogP contribution in [0.4, 0.5) is 0 Å². The van der Waals surface area contributed by atoms with Crippen LogP contribution in [0.3, 0.4) is 0 Å². The van der Waals surface area contributed by atoms with Crippen molar-refractivity contribution in [2.45, 2.75) is 25.3 Å². The first-order chi connectivity index (χ1) is 11.5. The Bertz CT molecular complexity index is 682. The summed E-state index contributed by atoms with van der Waals surface area (Å²) >= 11 is 0. The van der Waals surface area contributed by atoms with Crippen molar-refractivity contribution in [3.8, 4) is 0 Å². The summed E-state index contributed by atoms with van der Waals surface area (Å²) in [7, 11) is 0. The third-order valence-electron chi connectivity index (χ3n) is 4.35. The van der Waals surface area contributed by atoms with Crippen molar-refractivity contribution in [3.05, 3.63) is 45.5 Å². The molecule has 1 aromatic rings. The summed E-state index contributed by atoms with van der Waals surface area (Å²) in [5.41, 5.74) is 0.853. The smallest absolute Gasteiger partial charge is 0.261 e. The van der Waals surface area contributed by atoms with Gasteiger partial charge < -0.3 is 5.32 Å². The fraction of sp³-hybridized carbons (Fsp3) is 0.438. The standard InChI is InChI=1S/C16H17N3O5/c20-14(12-9-13(12)19(23)24)17-7-3-4-8-18-15(21)10-5-1-2-6-11(10)16(18)22/h1-2,5-6,12-13H,3-4,7-9H2,(H,17,20)/t12-,13-/m0/s1. The number of imide groups is 1. The summed E-state index contributed by atoms with van der Waals surface area (Å²) in [5, 5.41) is 13.2. The number of nitro groups is 1. The summed E-state index contributed by atoms with van der Waals surface area (Å²) in [6.07, 6.45) is 1.46. The molecule has 8 heteroatoms. The lowest BCUT2D eigenvalue weighted by Gasteiger charge is -2.13. The van der Waals surface area contributed by atoms with Crippen molar-refractivity contribution in [2.24, 2.45) is 5.92 Å². The van der Waals surface area contributed by atoms with Crippen LogP contribution in [0.2, 0.25) is 0 Å². The SMILES string of the molecule is O=C(NCCCCN1C(=O)c2ccccc2C1=O)[C@H]1C[C@@H]1[N+](=O)[O-]. The minimum atomic E-state index is -0.747. The number of carbonyl (C=O) groups excluding carboxylic acids is 3. The van der Waals surface area contributed by atoms with E-state index in [4.69, 9.17) is 0 Å². The first-order valence-electron chi connectivity index (χ1n) is 7.87. The fourth-order valence-corrected chi connectivity index (χ4v) is 2.88. The molecule has 3 amide bonds. The highest BCUT2D eigenvalue weighted by Gasteiger charge is 2.53. The molecule has 1 fully saturated rings. The maximum atomic E-state index is 12.1. The molecule has 0 aromatic heterocycles. The maximum absolute atomic E-state index is 12.1. The number of nitrogens with zero attached hydrogens (tertiary/aromatic N) is 2. The molecule has 0 saturated heterocycles. The van der Waals surface area contributed by atoms with Crippen LogP contribution >= 0.6 is 0 Å². The Balaban J connectivity index is 1.39. The Labute approximate surface area is 138 Å². The molecular weight excluding hydrogens is 314 g/mol. The quantitative estimate of drug-likeness (QED) is 0.345. The van der Waals surface area contributed by atoms with Crippen LogP contribution < -0.4 is 5.32 Å². The van der Waals surface area contributed by atoms with Gasteiger partial charge in [-0.1, -0.05) is 12.1 Å². The minimum Gasteiger partial charge on any atom is -0.356 e. The van der Waals surface area contributed by atoms with Gasteiger partial charge >= 0.3 is 0 Å². The number of hydrogen-bond acceptors (Lipinski definition) is 5. The molecule has 126 valence electrons. The van der Waals surface area contributed by atoms with Crippen molar-refractivity contribution >= 4 is 17.7 Å². The van der Waals surface area contributed by atoms with Crippen LogP contribution in [0.15, 0.2) is 24.3 Å². The zero-order valence-corrected chi connectivity index (χ0v) is 12.9. The number of carbonyl (C=O) groups is 3. The molecule has 24 heavy (non-hydrogen) atoms. The molecule has 8 nitrogen and oxygen atoms in total. The van der Waals surface area contributed by atoms with E-state index >= 15 is 0 Å². The van der Waals surface area contributed by atoms with Crippen molar-refractivity contribution < 1.29 is 19.3 Å². The van der Waals surface area contributed by atoms with Crippen molar-refractivity contribution in [3.63, 3.8) is 0 Å². The highest BCUT2D eigenvalue weighted by Crippen LogP contribution is 2.32. The van der Waals surface area contributed by atoms with Crippen LogP contribution in [0.25, 0.3) is 0 Å². The number of rotatable bonds is 7. The monoisotopic (exact) mass is 331 g/mol. The maximum Gasteiger partial charge on any atom is 0.261 e. The normalized spacial score (nSPS) is 21.6. The van der Waals surface area contributed by atoms with Crippen LogP contribution in [0.1, 0.15) is 40.0 Å². The van der Waals surface area contributed by atoms with E-state index in [1.807, 2.05) is 0 Å². The Hall–Kier alpha value is -2.77. The predicted octanol–water partition coefficient (Wildman–Crippen LogP) is 0.844. The number of nitrogens with one attached hydrogen (secondary N) is 1. The van der Waals surface area contributed by atoms with Gasteiger partial charge in [0.1, 0.15) is 5.92 Å². The molecule has 0 unspecified atom stereocenters. The molecule has 2 aliphatic rings. The van der Waals surface area contributed by atoms with E-state index in [0.29, 0.717) is 43.5 Å². The molecule has 1 aromatic carbocycles. The van der Waals surface area contributed by atoms with Gasteiger partial charge in [-0.25, -0.2) is 0 Å². The number of benzene rings is 1. The van der Waals surface area contributed by atoms with Gasteiger partial charge in [-0.05, 0) is 25.0 Å². The summed E-state index contributed by atoms with van der Waals surface area (Å²) in [5.74, 6) is -1.38. The van der Waals surface area contributed by atoms with E-state index in [-0.39, 0.29) is 17.7 Å².